The van der Waals surface area contributed by atoms with Crippen molar-refractivity contribution in [2.45, 2.75) is 32.2 Å². The number of pyridine rings is 1. The molecule has 0 aliphatic heterocycles. The van der Waals surface area contributed by atoms with Gasteiger partial charge in [-0.25, -0.2) is 4.98 Å². The predicted molar refractivity (Wildman–Crippen MR) is 76.0 cm³/mol. The number of aromatic nitrogens is 1. The number of amides is 1. The van der Waals surface area contributed by atoms with Crippen LogP contribution in [0.4, 0.5) is 5.82 Å². The van der Waals surface area contributed by atoms with Crippen molar-refractivity contribution in [1.82, 2.24) is 15.2 Å². The molecule has 1 saturated carbocycles. The summed E-state index contributed by atoms with van der Waals surface area (Å²) in [5.74, 6) is 0.326. The van der Waals surface area contributed by atoms with E-state index < -0.39 is 0 Å². The first-order valence-corrected chi connectivity index (χ1v) is 6.85. The van der Waals surface area contributed by atoms with Crippen molar-refractivity contribution < 1.29 is 4.79 Å². The van der Waals surface area contributed by atoms with E-state index >= 15 is 0 Å². The van der Waals surface area contributed by atoms with Crippen LogP contribution >= 0.6 is 0 Å². The van der Waals surface area contributed by atoms with E-state index in [-0.39, 0.29) is 5.91 Å². The van der Waals surface area contributed by atoms with Gasteiger partial charge in [-0.05, 0) is 38.4 Å². The lowest BCUT2D eigenvalue weighted by Crippen LogP contribution is -2.34. The molecule has 104 valence electrons. The molecule has 1 aromatic rings. The Morgan fingerprint density at radius 1 is 1.53 bits per heavy atom. The third-order valence-electron chi connectivity index (χ3n) is 3.44. The van der Waals surface area contributed by atoms with Crippen LogP contribution in [0.25, 0.3) is 0 Å². The number of nitrogen functional groups attached to an aromatic ring is 1. The third kappa shape index (κ3) is 3.92. The van der Waals surface area contributed by atoms with Crippen molar-refractivity contribution in [3.05, 3.63) is 23.4 Å². The van der Waals surface area contributed by atoms with Gasteiger partial charge in [-0.2, -0.15) is 0 Å². The number of rotatable bonds is 6. The van der Waals surface area contributed by atoms with E-state index in [1.807, 2.05) is 6.92 Å². The highest BCUT2D eigenvalue weighted by atomic mass is 16.1. The number of nitrogens with one attached hydrogen (secondary N) is 1. The summed E-state index contributed by atoms with van der Waals surface area (Å²) >= 11 is 0. The molecule has 5 nitrogen and oxygen atoms in total. The Labute approximate surface area is 114 Å². The largest absolute Gasteiger partial charge is 0.384 e. The Kier molecular flexibility index (Phi) is 4.37. The van der Waals surface area contributed by atoms with Gasteiger partial charge in [-0.1, -0.05) is 6.92 Å². The van der Waals surface area contributed by atoms with Gasteiger partial charge in [0.1, 0.15) is 5.82 Å². The second-order valence-corrected chi connectivity index (χ2v) is 5.09. The standard InChI is InChI=1S/C14H22N4O/c1-3-11-8-10(9-13(15)17-11)14(19)16-6-7-18(2)12-4-5-12/h8-9,12H,3-7H2,1-2H3,(H2,15,17)(H,16,19). The van der Waals surface area contributed by atoms with Crippen molar-refractivity contribution in [2.24, 2.45) is 0 Å². The van der Waals surface area contributed by atoms with E-state index in [0.29, 0.717) is 17.9 Å². The summed E-state index contributed by atoms with van der Waals surface area (Å²) in [6.07, 6.45) is 3.34. The highest BCUT2D eigenvalue weighted by molar-refractivity contribution is 5.94. The molecule has 1 aliphatic carbocycles. The van der Waals surface area contributed by atoms with E-state index in [1.54, 1.807) is 12.1 Å². The Morgan fingerprint density at radius 2 is 2.26 bits per heavy atom. The fourth-order valence-electron chi connectivity index (χ4n) is 2.07. The van der Waals surface area contributed by atoms with Gasteiger partial charge >= 0.3 is 0 Å². The zero-order valence-electron chi connectivity index (χ0n) is 11.6. The summed E-state index contributed by atoms with van der Waals surface area (Å²) in [6.45, 7) is 3.54. The lowest BCUT2D eigenvalue weighted by atomic mass is 10.2. The minimum absolute atomic E-state index is 0.0759. The van der Waals surface area contributed by atoms with Gasteiger partial charge in [-0.3, -0.25) is 4.79 Å². The second-order valence-electron chi connectivity index (χ2n) is 5.09. The number of carbonyl (C=O) groups excluding carboxylic acids is 1. The molecule has 5 heteroatoms. The Morgan fingerprint density at radius 3 is 2.89 bits per heavy atom. The van der Waals surface area contributed by atoms with Crippen molar-refractivity contribution in [2.75, 3.05) is 25.9 Å². The molecule has 1 amide bonds. The Bertz CT molecular complexity index is 457. The van der Waals surface area contributed by atoms with Crippen LogP contribution in [-0.2, 0) is 6.42 Å². The molecule has 1 aromatic heterocycles. The summed E-state index contributed by atoms with van der Waals surface area (Å²) in [4.78, 5) is 18.5. The van der Waals surface area contributed by atoms with E-state index in [1.165, 1.54) is 12.8 Å². The molecule has 0 unspecified atom stereocenters. The summed E-state index contributed by atoms with van der Waals surface area (Å²) in [6, 6.07) is 4.15. The van der Waals surface area contributed by atoms with E-state index in [0.717, 1.165) is 24.7 Å². The smallest absolute Gasteiger partial charge is 0.251 e. The average molecular weight is 262 g/mol. The minimum Gasteiger partial charge on any atom is -0.384 e. The summed E-state index contributed by atoms with van der Waals surface area (Å²) in [5.41, 5.74) is 7.14. The van der Waals surface area contributed by atoms with Gasteiger partial charge in [-0.15, -0.1) is 0 Å². The number of aryl methyl sites for hydroxylation is 1. The number of hydrogen-bond donors (Lipinski definition) is 2. The highest BCUT2D eigenvalue weighted by Crippen LogP contribution is 2.24. The third-order valence-corrected chi connectivity index (χ3v) is 3.44. The van der Waals surface area contributed by atoms with Crippen LogP contribution in [0.3, 0.4) is 0 Å². The molecule has 1 fully saturated rings. The number of likely N-dealkylation sites (N-methyl/N-ethyl adjacent to an activating group) is 1. The molecule has 0 bridgehead atoms. The minimum atomic E-state index is -0.0759. The lowest BCUT2D eigenvalue weighted by molar-refractivity contribution is 0.0949. The molecule has 0 radical (unpaired) electrons. The second kappa shape index (κ2) is 6.02. The van der Waals surface area contributed by atoms with Crippen molar-refractivity contribution in [3.8, 4) is 0 Å². The fourth-order valence-corrected chi connectivity index (χ4v) is 2.07. The van der Waals surface area contributed by atoms with Crippen LogP contribution in [0.15, 0.2) is 12.1 Å². The van der Waals surface area contributed by atoms with Crippen LogP contribution in [0.2, 0.25) is 0 Å². The van der Waals surface area contributed by atoms with Gasteiger partial charge in [0.2, 0.25) is 0 Å². The topological polar surface area (TPSA) is 71.2 Å². The zero-order valence-corrected chi connectivity index (χ0v) is 11.6. The molecule has 0 atom stereocenters. The number of hydrogen-bond acceptors (Lipinski definition) is 4. The van der Waals surface area contributed by atoms with E-state index in [4.69, 9.17) is 5.73 Å². The fraction of sp³-hybridized carbons (Fsp3) is 0.571. The normalized spacial score (nSPS) is 14.7. The van der Waals surface area contributed by atoms with Crippen LogP contribution in [0, 0.1) is 0 Å². The molecule has 0 spiro atoms. The molecule has 2 rings (SSSR count). The first-order chi connectivity index (χ1) is 9.10. The van der Waals surface area contributed by atoms with Crippen LogP contribution in [0.1, 0.15) is 35.8 Å². The van der Waals surface area contributed by atoms with Crippen molar-refractivity contribution in [1.29, 1.82) is 0 Å². The number of nitrogens with two attached hydrogens (primary N) is 1. The summed E-state index contributed by atoms with van der Waals surface area (Å²) in [5, 5.41) is 2.93. The number of carbonyl (C=O) groups is 1. The highest BCUT2D eigenvalue weighted by Gasteiger charge is 2.25. The molecule has 0 saturated heterocycles. The maximum absolute atomic E-state index is 12.0. The monoisotopic (exact) mass is 262 g/mol. The molecular weight excluding hydrogens is 240 g/mol. The van der Waals surface area contributed by atoms with Crippen LogP contribution in [0.5, 0.6) is 0 Å². The van der Waals surface area contributed by atoms with Crippen LogP contribution < -0.4 is 11.1 Å². The molecule has 1 aliphatic rings. The summed E-state index contributed by atoms with van der Waals surface area (Å²) in [7, 11) is 2.10. The Balaban J connectivity index is 1.86. The molecule has 0 aromatic carbocycles. The van der Waals surface area contributed by atoms with Gasteiger partial charge < -0.3 is 16.0 Å². The van der Waals surface area contributed by atoms with Crippen molar-refractivity contribution in [3.63, 3.8) is 0 Å². The van der Waals surface area contributed by atoms with E-state index in [2.05, 4.69) is 22.2 Å². The maximum Gasteiger partial charge on any atom is 0.251 e. The molecule has 3 N–H and O–H groups in total. The predicted octanol–water partition coefficient (Wildman–Crippen LogP) is 1.05. The molecule has 1 heterocycles. The SMILES string of the molecule is CCc1cc(C(=O)NCCN(C)C2CC2)cc(N)n1. The summed E-state index contributed by atoms with van der Waals surface area (Å²) < 4.78 is 0. The zero-order chi connectivity index (χ0) is 13.8. The van der Waals surface area contributed by atoms with Crippen LogP contribution in [-0.4, -0.2) is 42.0 Å². The van der Waals surface area contributed by atoms with Gasteiger partial charge in [0.05, 0.1) is 0 Å². The number of nitrogens with zero attached hydrogens (tertiary/aromatic N) is 2. The first-order valence-electron chi connectivity index (χ1n) is 6.85. The lowest BCUT2D eigenvalue weighted by Gasteiger charge is -2.15. The quantitative estimate of drug-likeness (QED) is 0.804. The van der Waals surface area contributed by atoms with Gasteiger partial charge in [0.25, 0.3) is 5.91 Å². The number of anilines is 1. The van der Waals surface area contributed by atoms with Gasteiger partial charge in [0, 0.05) is 30.4 Å². The van der Waals surface area contributed by atoms with Crippen molar-refractivity contribution >= 4 is 11.7 Å². The average Bonchev–Trinajstić information content (AvgIpc) is 3.21. The molecule has 19 heavy (non-hydrogen) atoms. The molecular formula is C14H22N4O. The Hall–Kier alpha value is -1.62. The van der Waals surface area contributed by atoms with Gasteiger partial charge in [0.15, 0.2) is 0 Å². The maximum atomic E-state index is 12.0. The van der Waals surface area contributed by atoms with E-state index in [9.17, 15) is 4.79 Å². The first kappa shape index (κ1) is 13.8.